The molecule has 0 bridgehead atoms. The van der Waals surface area contributed by atoms with Crippen LogP contribution in [0.5, 0.6) is 0 Å². The molecule has 2 aromatic carbocycles. The van der Waals surface area contributed by atoms with Crippen LogP contribution in [0.15, 0.2) is 52.3 Å². The lowest BCUT2D eigenvalue weighted by Gasteiger charge is -2.25. The minimum absolute atomic E-state index is 0.194. The summed E-state index contributed by atoms with van der Waals surface area (Å²) < 4.78 is 28.8. The summed E-state index contributed by atoms with van der Waals surface area (Å²) in [5.41, 5.74) is 1.25. The van der Waals surface area contributed by atoms with Crippen molar-refractivity contribution in [2.45, 2.75) is 37.5 Å². The van der Waals surface area contributed by atoms with Gasteiger partial charge in [-0.15, -0.1) is 11.8 Å². The minimum Gasteiger partial charge on any atom is -0.298 e. The Kier molecular flexibility index (Phi) is 7.97. The topological polar surface area (TPSA) is 79.4 Å². The van der Waals surface area contributed by atoms with E-state index in [-0.39, 0.29) is 22.6 Å². The van der Waals surface area contributed by atoms with E-state index in [0.29, 0.717) is 23.8 Å². The van der Waals surface area contributed by atoms with E-state index in [9.17, 15) is 13.2 Å². The van der Waals surface area contributed by atoms with Crippen molar-refractivity contribution >= 4 is 54.4 Å². The van der Waals surface area contributed by atoms with E-state index in [1.165, 1.54) is 27.8 Å². The maximum absolute atomic E-state index is 13.2. The second-order valence-electron chi connectivity index (χ2n) is 8.41. The summed E-state index contributed by atoms with van der Waals surface area (Å²) >= 11 is 3.02. The van der Waals surface area contributed by atoms with Crippen molar-refractivity contribution in [2.24, 2.45) is 11.8 Å². The van der Waals surface area contributed by atoms with E-state index >= 15 is 0 Å². The third-order valence-corrected chi connectivity index (χ3v) is 8.27. The van der Waals surface area contributed by atoms with Crippen LogP contribution >= 0.6 is 23.1 Å². The number of carbonyl (C=O) groups excluding carboxylic acids is 1. The third kappa shape index (κ3) is 5.70. The fourth-order valence-electron chi connectivity index (χ4n) is 3.32. The normalized spacial score (nSPS) is 12.2. The molecule has 0 spiro atoms. The van der Waals surface area contributed by atoms with Gasteiger partial charge in [-0.1, -0.05) is 45.1 Å². The summed E-state index contributed by atoms with van der Waals surface area (Å²) in [6.45, 7) is 8.92. The summed E-state index contributed by atoms with van der Waals surface area (Å²) in [5.74, 6) is 0.114. The van der Waals surface area contributed by atoms with Crippen LogP contribution in [0.4, 0.5) is 5.13 Å². The fraction of sp³-hybridized carbons (Fsp3) is 0.391. The highest BCUT2D eigenvalue weighted by Gasteiger charge is 2.26. The average Bonchev–Trinajstić information content (AvgIpc) is 3.15. The van der Waals surface area contributed by atoms with E-state index in [1.54, 1.807) is 23.9 Å². The lowest BCUT2D eigenvalue weighted by Crippen LogP contribution is -2.37. The van der Waals surface area contributed by atoms with Gasteiger partial charge in [0, 0.05) is 23.5 Å². The molecule has 1 N–H and O–H groups in total. The standard InChI is InChI=1S/C23H29N3O3S3/c1-15(2)13-26(14-16(3)4)32(28,29)18-11-9-17(10-12-18)22(27)25-23-24-21-19(30-5)7-6-8-20(21)31-23/h6-12,15-16H,13-14H2,1-5H3,(H,24,25,27). The van der Waals surface area contributed by atoms with Gasteiger partial charge < -0.3 is 0 Å². The second kappa shape index (κ2) is 10.3. The molecule has 6 nitrogen and oxygen atoms in total. The van der Waals surface area contributed by atoms with Gasteiger partial charge in [0.1, 0.15) is 0 Å². The zero-order chi connectivity index (χ0) is 23.5. The predicted molar refractivity (Wildman–Crippen MR) is 134 cm³/mol. The van der Waals surface area contributed by atoms with Gasteiger partial charge in [0.25, 0.3) is 5.91 Å². The van der Waals surface area contributed by atoms with E-state index in [1.807, 2.05) is 52.1 Å². The highest BCUT2D eigenvalue weighted by molar-refractivity contribution is 7.98. The van der Waals surface area contributed by atoms with Crippen molar-refractivity contribution in [1.29, 1.82) is 0 Å². The Bertz CT molecular complexity index is 1180. The number of thioether (sulfide) groups is 1. The Morgan fingerprint density at radius 3 is 2.25 bits per heavy atom. The Labute approximate surface area is 198 Å². The Hall–Kier alpha value is -1.94. The van der Waals surface area contributed by atoms with Crippen molar-refractivity contribution in [3.63, 3.8) is 0 Å². The molecular formula is C23H29N3O3S3. The molecule has 0 unspecified atom stereocenters. The number of thiazole rings is 1. The maximum Gasteiger partial charge on any atom is 0.257 e. The molecule has 0 aliphatic heterocycles. The van der Waals surface area contributed by atoms with Crippen LogP contribution in [-0.2, 0) is 10.0 Å². The summed E-state index contributed by atoms with van der Waals surface area (Å²) in [6.07, 6.45) is 1.99. The Morgan fingerprint density at radius 2 is 1.69 bits per heavy atom. The zero-order valence-electron chi connectivity index (χ0n) is 19.0. The van der Waals surface area contributed by atoms with Crippen LogP contribution in [0.1, 0.15) is 38.1 Å². The number of nitrogens with zero attached hydrogens (tertiary/aromatic N) is 2. The van der Waals surface area contributed by atoms with Gasteiger partial charge in [0.05, 0.1) is 15.1 Å². The van der Waals surface area contributed by atoms with E-state index in [4.69, 9.17) is 0 Å². The van der Waals surface area contributed by atoms with Gasteiger partial charge in [-0.3, -0.25) is 10.1 Å². The second-order valence-corrected chi connectivity index (χ2v) is 12.2. The molecule has 0 radical (unpaired) electrons. The molecule has 1 heterocycles. The van der Waals surface area contributed by atoms with Crippen LogP contribution < -0.4 is 5.32 Å². The lowest BCUT2D eigenvalue weighted by molar-refractivity contribution is 0.102. The number of sulfonamides is 1. The van der Waals surface area contributed by atoms with Gasteiger partial charge >= 0.3 is 0 Å². The number of nitrogens with one attached hydrogen (secondary N) is 1. The maximum atomic E-state index is 13.2. The van der Waals surface area contributed by atoms with Crippen LogP contribution in [0.25, 0.3) is 10.2 Å². The van der Waals surface area contributed by atoms with Gasteiger partial charge in [-0.2, -0.15) is 4.31 Å². The number of aromatic nitrogens is 1. The number of para-hydroxylation sites is 1. The SMILES string of the molecule is CSc1cccc2sc(NC(=O)c3ccc(S(=O)(=O)N(CC(C)C)CC(C)C)cc3)nc12. The van der Waals surface area contributed by atoms with Crippen molar-refractivity contribution in [1.82, 2.24) is 9.29 Å². The largest absolute Gasteiger partial charge is 0.298 e. The highest BCUT2D eigenvalue weighted by atomic mass is 32.2. The molecule has 0 atom stereocenters. The molecular weight excluding hydrogens is 462 g/mol. The molecule has 0 fully saturated rings. The number of benzene rings is 2. The quantitative estimate of drug-likeness (QED) is 0.396. The van der Waals surface area contributed by atoms with Crippen molar-refractivity contribution < 1.29 is 13.2 Å². The fourth-order valence-corrected chi connectivity index (χ4v) is 6.61. The zero-order valence-corrected chi connectivity index (χ0v) is 21.4. The summed E-state index contributed by atoms with van der Waals surface area (Å²) in [6, 6.07) is 12.0. The molecule has 0 aliphatic rings. The lowest BCUT2D eigenvalue weighted by atomic mass is 10.2. The van der Waals surface area contributed by atoms with Crippen molar-refractivity contribution in [2.75, 3.05) is 24.7 Å². The first kappa shape index (κ1) is 24.7. The summed E-state index contributed by atoms with van der Waals surface area (Å²) in [7, 11) is -3.63. The number of fused-ring (bicyclic) bond motifs is 1. The molecule has 3 aromatic rings. The Balaban J connectivity index is 1.79. The summed E-state index contributed by atoms with van der Waals surface area (Å²) in [5, 5.41) is 3.35. The van der Waals surface area contributed by atoms with Crippen molar-refractivity contribution in [3.8, 4) is 0 Å². The first-order chi connectivity index (χ1) is 15.1. The van der Waals surface area contributed by atoms with E-state index < -0.39 is 10.0 Å². The van der Waals surface area contributed by atoms with Gasteiger partial charge in [0.2, 0.25) is 10.0 Å². The van der Waals surface area contributed by atoms with Gasteiger partial charge in [-0.25, -0.2) is 13.4 Å². The predicted octanol–water partition coefficient (Wildman–Crippen LogP) is 5.57. The van der Waals surface area contributed by atoms with Gasteiger partial charge in [0.15, 0.2) is 5.13 Å². The monoisotopic (exact) mass is 491 g/mol. The minimum atomic E-state index is -3.63. The van der Waals surface area contributed by atoms with E-state index in [0.717, 1.165) is 15.1 Å². The number of anilines is 1. The van der Waals surface area contributed by atoms with Crippen LogP contribution in [0.3, 0.4) is 0 Å². The van der Waals surface area contributed by atoms with Crippen LogP contribution in [-0.4, -0.2) is 43.0 Å². The molecule has 1 aromatic heterocycles. The highest BCUT2D eigenvalue weighted by Crippen LogP contribution is 2.32. The molecule has 32 heavy (non-hydrogen) atoms. The van der Waals surface area contributed by atoms with Crippen molar-refractivity contribution in [3.05, 3.63) is 48.0 Å². The molecule has 0 saturated heterocycles. The smallest absolute Gasteiger partial charge is 0.257 e. The number of hydrogen-bond acceptors (Lipinski definition) is 6. The number of rotatable bonds is 9. The van der Waals surface area contributed by atoms with Crippen LogP contribution in [0.2, 0.25) is 0 Å². The molecule has 9 heteroatoms. The number of hydrogen-bond donors (Lipinski definition) is 1. The average molecular weight is 492 g/mol. The Morgan fingerprint density at radius 1 is 1.06 bits per heavy atom. The molecule has 3 rings (SSSR count). The summed E-state index contributed by atoms with van der Waals surface area (Å²) in [4.78, 5) is 18.5. The third-order valence-electron chi connectivity index (χ3n) is 4.71. The first-order valence-electron chi connectivity index (χ1n) is 10.5. The molecule has 0 aliphatic carbocycles. The molecule has 0 saturated carbocycles. The first-order valence-corrected chi connectivity index (χ1v) is 13.9. The van der Waals surface area contributed by atoms with Gasteiger partial charge in [-0.05, 0) is 54.5 Å². The molecule has 172 valence electrons. The number of carbonyl (C=O) groups is 1. The van der Waals surface area contributed by atoms with E-state index in [2.05, 4.69) is 10.3 Å². The number of amides is 1. The molecule has 1 amide bonds. The van der Waals surface area contributed by atoms with Crippen LogP contribution in [0, 0.1) is 11.8 Å².